The summed E-state index contributed by atoms with van der Waals surface area (Å²) in [6.07, 6.45) is -2.11. The Morgan fingerprint density at radius 1 is 1.23 bits per heavy atom. The molecule has 8 heteroatoms. The maximum Gasteiger partial charge on any atom is 0.416 e. The van der Waals surface area contributed by atoms with E-state index in [-0.39, 0.29) is 18.4 Å². The van der Waals surface area contributed by atoms with Gasteiger partial charge < -0.3 is 9.64 Å². The van der Waals surface area contributed by atoms with Crippen molar-refractivity contribution >= 4 is 21.8 Å². The number of benzene rings is 1. The van der Waals surface area contributed by atoms with Crippen LogP contribution in [0.3, 0.4) is 0 Å². The van der Waals surface area contributed by atoms with E-state index in [4.69, 9.17) is 4.74 Å². The lowest BCUT2D eigenvalue weighted by Gasteiger charge is -2.17. The Labute approximate surface area is 157 Å². The number of carbonyl (C=O) groups is 1. The zero-order chi connectivity index (χ0) is 18.7. The zero-order valence-corrected chi connectivity index (χ0v) is 15.3. The number of nitrogens with zero attached hydrogens (tertiary/aromatic N) is 2. The number of ether oxygens (including phenoxy) is 1. The summed E-state index contributed by atoms with van der Waals surface area (Å²) in [7, 11) is 0. The number of amides is 1. The van der Waals surface area contributed by atoms with Gasteiger partial charge in [0.15, 0.2) is 0 Å². The number of hydrogen-bond donors (Lipinski definition) is 0. The van der Waals surface area contributed by atoms with Crippen molar-refractivity contribution in [3.8, 4) is 5.88 Å². The van der Waals surface area contributed by atoms with E-state index >= 15 is 0 Å². The fourth-order valence-electron chi connectivity index (χ4n) is 2.75. The lowest BCUT2D eigenvalue weighted by Crippen LogP contribution is -2.32. The second kappa shape index (κ2) is 7.65. The third kappa shape index (κ3) is 4.75. The SMILES string of the molecule is O=C(Cc1ccc(C(F)(F)F)cc1)N1CC[C@H](Oc2ccc(Br)cn2)C1. The molecule has 1 fully saturated rings. The van der Waals surface area contributed by atoms with E-state index in [2.05, 4.69) is 20.9 Å². The van der Waals surface area contributed by atoms with E-state index in [1.807, 2.05) is 6.07 Å². The van der Waals surface area contributed by atoms with Crippen LogP contribution >= 0.6 is 15.9 Å². The molecule has 2 aromatic rings. The average Bonchev–Trinajstić information content (AvgIpc) is 3.05. The van der Waals surface area contributed by atoms with Crippen molar-refractivity contribution in [1.82, 2.24) is 9.88 Å². The highest BCUT2D eigenvalue weighted by molar-refractivity contribution is 9.10. The Bertz CT molecular complexity index is 764. The first-order valence-corrected chi connectivity index (χ1v) is 8.83. The van der Waals surface area contributed by atoms with Crippen molar-refractivity contribution in [3.63, 3.8) is 0 Å². The van der Waals surface area contributed by atoms with Gasteiger partial charge in [0.25, 0.3) is 0 Å². The van der Waals surface area contributed by atoms with E-state index in [9.17, 15) is 18.0 Å². The number of rotatable bonds is 4. The third-order valence-corrected chi connectivity index (χ3v) is 4.59. The largest absolute Gasteiger partial charge is 0.472 e. The summed E-state index contributed by atoms with van der Waals surface area (Å²) in [5.41, 5.74) is -0.160. The van der Waals surface area contributed by atoms with Crippen molar-refractivity contribution < 1.29 is 22.7 Å². The van der Waals surface area contributed by atoms with Crippen molar-refractivity contribution in [2.45, 2.75) is 25.1 Å². The molecule has 0 saturated carbocycles. The third-order valence-electron chi connectivity index (χ3n) is 4.12. The molecule has 1 aromatic heterocycles. The lowest BCUT2D eigenvalue weighted by molar-refractivity contribution is -0.137. The van der Waals surface area contributed by atoms with Crippen molar-refractivity contribution in [2.75, 3.05) is 13.1 Å². The Morgan fingerprint density at radius 2 is 1.96 bits per heavy atom. The minimum atomic E-state index is -4.37. The number of likely N-dealkylation sites (tertiary alicyclic amines) is 1. The molecule has 26 heavy (non-hydrogen) atoms. The Kier molecular flexibility index (Phi) is 5.50. The Balaban J connectivity index is 1.53. The van der Waals surface area contributed by atoms with Crippen LogP contribution < -0.4 is 4.74 Å². The van der Waals surface area contributed by atoms with Crippen LogP contribution in [0, 0.1) is 0 Å². The molecule has 0 bridgehead atoms. The molecule has 0 unspecified atom stereocenters. The van der Waals surface area contributed by atoms with Crippen LogP contribution in [0.1, 0.15) is 17.5 Å². The first-order valence-electron chi connectivity index (χ1n) is 8.03. The van der Waals surface area contributed by atoms with Crippen LogP contribution in [0.4, 0.5) is 13.2 Å². The van der Waals surface area contributed by atoms with Crippen LogP contribution in [0.15, 0.2) is 47.1 Å². The normalized spacial score (nSPS) is 17.4. The van der Waals surface area contributed by atoms with Gasteiger partial charge in [-0.25, -0.2) is 4.98 Å². The minimum Gasteiger partial charge on any atom is -0.472 e. The van der Waals surface area contributed by atoms with Gasteiger partial charge in [-0.2, -0.15) is 13.2 Å². The fourth-order valence-corrected chi connectivity index (χ4v) is 2.99. The van der Waals surface area contributed by atoms with Gasteiger partial charge in [0.1, 0.15) is 6.10 Å². The van der Waals surface area contributed by atoms with Crippen LogP contribution in [-0.4, -0.2) is 35.0 Å². The van der Waals surface area contributed by atoms with Crippen LogP contribution in [0.25, 0.3) is 0 Å². The molecule has 1 saturated heterocycles. The van der Waals surface area contributed by atoms with Crippen LogP contribution in [-0.2, 0) is 17.4 Å². The van der Waals surface area contributed by atoms with Gasteiger partial charge in [0, 0.05) is 29.7 Å². The molecule has 1 amide bonds. The summed E-state index contributed by atoms with van der Waals surface area (Å²) < 4.78 is 44.3. The summed E-state index contributed by atoms with van der Waals surface area (Å²) in [6.45, 7) is 0.998. The quantitative estimate of drug-likeness (QED) is 0.736. The van der Waals surface area contributed by atoms with E-state index in [1.54, 1.807) is 17.2 Å². The molecule has 4 nitrogen and oxygen atoms in total. The summed E-state index contributed by atoms with van der Waals surface area (Å²) in [5, 5.41) is 0. The average molecular weight is 429 g/mol. The standard InChI is InChI=1S/C18H16BrF3N2O2/c19-14-5-6-16(23-10-14)26-15-7-8-24(11-15)17(25)9-12-1-3-13(4-2-12)18(20,21)22/h1-6,10,15H,7-9,11H2/t15-/m0/s1. The predicted octanol–water partition coefficient (Wildman–Crippen LogP) is 4.09. The zero-order valence-electron chi connectivity index (χ0n) is 13.7. The van der Waals surface area contributed by atoms with Gasteiger partial charge in [-0.05, 0) is 39.7 Å². The van der Waals surface area contributed by atoms with E-state index in [0.29, 0.717) is 31.0 Å². The molecule has 0 aliphatic carbocycles. The first kappa shape index (κ1) is 18.7. The molecule has 138 valence electrons. The second-order valence-corrected chi connectivity index (χ2v) is 6.97. The number of carbonyl (C=O) groups excluding carboxylic acids is 1. The van der Waals surface area contributed by atoms with Gasteiger partial charge in [0.05, 0.1) is 18.5 Å². The van der Waals surface area contributed by atoms with E-state index in [0.717, 1.165) is 16.6 Å². The molecule has 1 aliphatic rings. The van der Waals surface area contributed by atoms with E-state index in [1.165, 1.54) is 12.1 Å². The topological polar surface area (TPSA) is 42.4 Å². The first-order chi connectivity index (χ1) is 12.3. The van der Waals surface area contributed by atoms with Gasteiger partial charge in [-0.3, -0.25) is 4.79 Å². The number of pyridine rings is 1. The number of hydrogen-bond acceptors (Lipinski definition) is 3. The second-order valence-electron chi connectivity index (χ2n) is 6.05. The molecular formula is C18H16BrF3N2O2. The number of aromatic nitrogens is 1. The maximum absolute atomic E-state index is 12.6. The smallest absolute Gasteiger partial charge is 0.416 e. The Hall–Kier alpha value is -2.09. The molecule has 0 N–H and O–H groups in total. The molecule has 1 aliphatic heterocycles. The molecule has 3 rings (SSSR count). The highest BCUT2D eigenvalue weighted by atomic mass is 79.9. The molecule has 2 heterocycles. The van der Waals surface area contributed by atoms with Gasteiger partial charge >= 0.3 is 6.18 Å². The molecule has 1 atom stereocenters. The molecule has 0 spiro atoms. The summed E-state index contributed by atoms with van der Waals surface area (Å²) in [5.74, 6) is 0.370. The minimum absolute atomic E-state index is 0.0708. The fraction of sp³-hybridized carbons (Fsp3) is 0.333. The van der Waals surface area contributed by atoms with Crippen molar-refractivity contribution in [3.05, 3.63) is 58.2 Å². The van der Waals surface area contributed by atoms with Gasteiger partial charge in [0.2, 0.25) is 11.8 Å². The molecular weight excluding hydrogens is 413 g/mol. The Morgan fingerprint density at radius 3 is 2.58 bits per heavy atom. The van der Waals surface area contributed by atoms with Crippen molar-refractivity contribution in [2.24, 2.45) is 0 Å². The highest BCUT2D eigenvalue weighted by Gasteiger charge is 2.31. The summed E-state index contributed by atoms with van der Waals surface area (Å²) >= 11 is 3.30. The molecule has 1 aromatic carbocycles. The maximum atomic E-state index is 12.6. The molecule has 0 radical (unpaired) electrons. The van der Waals surface area contributed by atoms with Crippen molar-refractivity contribution in [1.29, 1.82) is 0 Å². The monoisotopic (exact) mass is 428 g/mol. The predicted molar refractivity (Wildman–Crippen MR) is 92.7 cm³/mol. The van der Waals surface area contributed by atoms with Crippen LogP contribution in [0.2, 0.25) is 0 Å². The number of alkyl halides is 3. The number of halogens is 4. The lowest BCUT2D eigenvalue weighted by atomic mass is 10.1. The van der Waals surface area contributed by atoms with E-state index < -0.39 is 11.7 Å². The summed E-state index contributed by atoms with van der Waals surface area (Å²) in [4.78, 5) is 18.2. The van der Waals surface area contributed by atoms with Gasteiger partial charge in [-0.1, -0.05) is 12.1 Å². The van der Waals surface area contributed by atoms with Gasteiger partial charge in [-0.15, -0.1) is 0 Å². The highest BCUT2D eigenvalue weighted by Crippen LogP contribution is 2.29. The summed E-state index contributed by atoms with van der Waals surface area (Å²) in [6, 6.07) is 8.25. The van der Waals surface area contributed by atoms with Crippen LogP contribution in [0.5, 0.6) is 5.88 Å².